The minimum absolute atomic E-state index is 0.323. The number of nitrogens with one attached hydrogen (secondary N) is 1. The number of aromatic nitrogens is 2. The molecule has 0 unspecified atom stereocenters. The third-order valence-corrected chi connectivity index (χ3v) is 2.07. The van der Waals surface area contributed by atoms with Gasteiger partial charge in [0.05, 0.1) is 18.8 Å². The van der Waals surface area contributed by atoms with Crippen LogP contribution in [0.5, 0.6) is 5.75 Å². The summed E-state index contributed by atoms with van der Waals surface area (Å²) in [6.07, 6.45) is 1.64. The van der Waals surface area contributed by atoms with Crippen molar-refractivity contribution >= 4 is 23.5 Å². The number of fused-ring (bicyclic) bond motifs is 1. The predicted octanol–water partition coefficient (Wildman–Crippen LogP) is -0.749. The standard InChI is InChI=1S/C8H9BN2O3/c1-14-8-2-5-4-10-11-7(5)3-6(8)9(12)13/h2-4,12-13H,1H3,(H,10,11). The van der Waals surface area contributed by atoms with Crippen LogP contribution in [0.2, 0.25) is 0 Å². The molecule has 0 saturated carbocycles. The number of rotatable bonds is 2. The second-order valence-electron chi connectivity index (χ2n) is 2.93. The molecule has 0 radical (unpaired) electrons. The smallest absolute Gasteiger partial charge is 0.492 e. The number of ether oxygens (including phenoxy) is 1. The molecule has 0 aliphatic carbocycles. The maximum absolute atomic E-state index is 9.07. The summed E-state index contributed by atoms with van der Waals surface area (Å²) in [4.78, 5) is 0. The molecule has 0 fully saturated rings. The van der Waals surface area contributed by atoms with E-state index in [1.54, 1.807) is 18.3 Å². The van der Waals surface area contributed by atoms with E-state index in [0.29, 0.717) is 11.2 Å². The van der Waals surface area contributed by atoms with Crippen molar-refractivity contribution in [1.82, 2.24) is 10.2 Å². The minimum atomic E-state index is -1.54. The molecule has 0 spiro atoms. The molecule has 0 aliphatic rings. The predicted molar refractivity (Wildman–Crippen MR) is 52.5 cm³/mol. The van der Waals surface area contributed by atoms with Crippen LogP contribution >= 0.6 is 0 Å². The Labute approximate surface area is 80.5 Å². The summed E-state index contributed by atoms with van der Waals surface area (Å²) in [7, 11) is -0.0645. The zero-order valence-corrected chi connectivity index (χ0v) is 7.56. The van der Waals surface area contributed by atoms with E-state index in [1.165, 1.54) is 7.11 Å². The Kier molecular flexibility index (Phi) is 2.15. The third kappa shape index (κ3) is 1.34. The Balaban J connectivity index is 2.66. The van der Waals surface area contributed by atoms with Crippen molar-refractivity contribution in [3.8, 4) is 5.75 Å². The van der Waals surface area contributed by atoms with Gasteiger partial charge < -0.3 is 14.8 Å². The highest BCUT2D eigenvalue weighted by atomic mass is 16.5. The van der Waals surface area contributed by atoms with Crippen LogP contribution in [-0.2, 0) is 0 Å². The number of H-pyrrole nitrogens is 1. The average Bonchev–Trinajstić information content (AvgIpc) is 2.62. The first kappa shape index (κ1) is 9.05. The van der Waals surface area contributed by atoms with Gasteiger partial charge >= 0.3 is 7.12 Å². The first-order valence-corrected chi connectivity index (χ1v) is 4.09. The highest BCUT2D eigenvalue weighted by Gasteiger charge is 2.18. The fourth-order valence-corrected chi connectivity index (χ4v) is 1.37. The molecule has 2 aromatic rings. The summed E-state index contributed by atoms with van der Waals surface area (Å²) < 4.78 is 5.02. The molecule has 2 rings (SSSR count). The van der Waals surface area contributed by atoms with Gasteiger partial charge in [-0.1, -0.05) is 0 Å². The Morgan fingerprint density at radius 2 is 2.21 bits per heavy atom. The number of aromatic amines is 1. The van der Waals surface area contributed by atoms with E-state index in [-0.39, 0.29) is 0 Å². The summed E-state index contributed by atoms with van der Waals surface area (Å²) in [5.41, 5.74) is 1.07. The van der Waals surface area contributed by atoms with Crippen molar-refractivity contribution in [2.24, 2.45) is 0 Å². The first-order chi connectivity index (χ1) is 6.72. The molecule has 0 amide bonds. The van der Waals surface area contributed by atoms with Crippen LogP contribution < -0.4 is 10.2 Å². The maximum Gasteiger partial charge on any atom is 0.492 e. The van der Waals surface area contributed by atoms with Crippen LogP contribution in [0.1, 0.15) is 0 Å². The van der Waals surface area contributed by atoms with Gasteiger partial charge in [0.2, 0.25) is 0 Å². The van der Waals surface area contributed by atoms with Crippen molar-refractivity contribution in [2.45, 2.75) is 0 Å². The monoisotopic (exact) mass is 192 g/mol. The van der Waals surface area contributed by atoms with Gasteiger partial charge in [-0.3, -0.25) is 5.10 Å². The van der Waals surface area contributed by atoms with Crippen molar-refractivity contribution in [3.63, 3.8) is 0 Å². The Bertz CT molecular complexity index is 455. The quantitative estimate of drug-likeness (QED) is 0.547. The van der Waals surface area contributed by atoms with Crippen LogP contribution in [0, 0.1) is 0 Å². The lowest BCUT2D eigenvalue weighted by Gasteiger charge is -2.07. The second-order valence-corrected chi connectivity index (χ2v) is 2.93. The third-order valence-electron chi connectivity index (χ3n) is 2.07. The van der Waals surface area contributed by atoms with Crippen LogP contribution in [0.4, 0.5) is 0 Å². The SMILES string of the molecule is COc1cc2cn[nH]c2cc1B(O)O. The van der Waals surface area contributed by atoms with E-state index in [0.717, 1.165) is 10.9 Å². The fraction of sp³-hybridized carbons (Fsp3) is 0.125. The summed E-state index contributed by atoms with van der Waals surface area (Å²) in [6, 6.07) is 3.30. The van der Waals surface area contributed by atoms with Crippen molar-refractivity contribution < 1.29 is 14.8 Å². The molecule has 5 nitrogen and oxygen atoms in total. The van der Waals surface area contributed by atoms with E-state index in [4.69, 9.17) is 14.8 Å². The minimum Gasteiger partial charge on any atom is -0.497 e. The van der Waals surface area contributed by atoms with Gasteiger partial charge in [-0.05, 0) is 12.1 Å². The molecule has 0 bridgehead atoms. The van der Waals surface area contributed by atoms with Gasteiger partial charge in [-0.15, -0.1) is 0 Å². The highest BCUT2D eigenvalue weighted by molar-refractivity contribution is 6.60. The lowest BCUT2D eigenvalue weighted by Crippen LogP contribution is -2.31. The van der Waals surface area contributed by atoms with E-state index in [2.05, 4.69) is 10.2 Å². The van der Waals surface area contributed by atoms with Crippen molar-refractivity contribution in [1.29, 1.82) is 0 Å². The Morgan fingerprint density at radius 1 is 1.43 bits per heavy atom. The molecule has 0 aliphatic heterocycles. The van der Waals surface area contributed by atoms with E-state index >= 15 is 0 Å². The topological polar surface area (TPSA) is 78.4 Å². The number of nitrogens with zero attached hydrogens (tertiary/aromatic N) is 1. The van der Waals surface area contributed by atoms with Crippen molar-refractivity contribution in [3.05, 3.63) is 18.3 Å². The van der Waals surface area contributed by atoms with E-state index in [1.807, 2.05) is 0 Å². The van der Waals surface area contributed by atoms with Gasteiger partial charge in [0.25, 0.3) is 0 Å². The lowest BCUT2D eigenvalue weighted by atomic mass is 9.79. The molecule has 0 atom stereocenters. The second kappa shape index (κ2) is 3.32. The zero-order chi connectivity index (χ0) is 10.1. The average molecular weight is 192 g/mol. The summed E-state index contributed by atoms with van der Waals surface area (Å²) in [5, 5.41) is 25.6. The van der Waals surface area contributed by atoms with E-state index < -0.39 is 7.12 Å². The normalized spacial score (nSPS) is 10.5. The maximum atomic E-state index is 9.07. The van der Waals surface area contributed by atoms with Gasteiger partial charge in [0.1, 0.15) is 5.75 Å². The molecule has 1 aromatic heterocycles. The Morgan fingerprint density at radius 3 is 2.86 bits per heavy atom. The number of hydrogen-bond donors (Lipinski definition) is 3. The van der Waals surface area contributed by atoms with Gasteiger partial charge in [-0.25, -0.2) is 0 Å². The number of methoxy groups -OCH3 is 1. The first-order valence-electron chi connectivity index (χ1n) is 4.09. The van der Waals surface area contributed by atoms with E-state index in [9.17, 15) is 0 Å². The highest BCUT2D eigenvalue weighted by Crippen LogP contribution is 2.16. The van der Waals surface area contributed by atoms with Crippen LogP contribution in [0.15, 0.2) is 18.3 Å². The number of hydrogen-bond acceptors (Lipinski definition) is 4. The number of benzene rings is 1. The summed E-state index contributed by atoms with van der Waals surface area (Å²) >= 11 is 0. The molecular formula is C8H9BN2O3. The molecule has 14 heavy (non-hydrogen) atoms. The molecule has 0 saturated heterocycles. The lowest BCUT2D eigenvalue weighted by molar-refractivity contribution is 0.403. The van der Waals surface area contributed by atoms with Gasteiger partial charge in [-0.2, -0.15) is 5.10 Å². The van der Waals surface area contributed by atoms with Crippen LogP contribution in [-0.4, -0.2) is 34.5 Å². The fourth-order valence-electron chi connectivity index (χ4n) is 1.37. The van der Waals surface area contributed by atoms with Crippen molar-refractivity contribution in [2.75, 3.05) is 7.11 Å². The molecule has 1 aromatic carbocycles. The molecule has 6 heteroatoms. The molecule has 1 heterocycles. The largest absolute Gasteiger partial charge is 0.497 e. The van der Waals surface area contributed by atoms with Gasteiger partial charge in [0.15, 0.2) is 0 Å². The van der Waals surface area contributed by atoms with Gasteiger partial charge in [0, 0.05) is 10.8 Å². The molecule has 72 valence electrons. The molecular weight excluding hydrogens is 183 g/mol. The summed E-state index contributed by atoms with van der Waals surface area (Å²) in [5.74, 6) is 0.439. The Hall–Kier alpha value is -1.53. The van der Waals surface area contributed by atoms with Crippen LogP contribution in [0.3, 0.4) is 0 Å². The van der Waals surface area contributed by atoms with Crippen LogP contribution in [0.25, 0.3) is 10.9 Å². The summed E-state index contributed by atoms with van der Waals surface area (Å²) in [6.45, 7) is 0. The zero-order valence-electron chi connectivity index (χ0n) is 7.56. The molecule has 3 N–H and O–H groups in total.